The van der Waals surface area contributed by atoms with E-state index in [9.17, 15) is 26.7 Å². The highest BCUT2D eigenvalue weighted by molar-refractivity contribution is 7.91. The molecule has 1 saturated heterocycles. The highest BCUT2D eigenvalue weighted by atomic mass is 32.2. The van der Waals surface area contributed by atoms with Gasteiger partial charge in [-0.25, -0.2) is 8.42 Å². The number of aliphatic hydroxyl groups is 1. The fraction of sp³-hybridized carbons (Fsp3) is 0.455. The molecule has 7 heteroatoms. The van der Waals surface area contributed by atoms with Crippen molar-refractivity contribution in [2.75, 3.05) is 11.5 Å². The fourth-order valence-electron chi connectivity index (χ4n) is 2.03. The zero-order valence-corrected chi connectivity index (χ0v) is 10.1. The van der Waals surface area contributed by atoms with Gasteiger partial charge >= 0.3 is 6.18 Å². The molecule has 1 aromatic carbocycles. The Morgan fingerprint density at radius 2 is 1.72 bits per heavy atom. The van der Waals surface area contributed by atoms with Gasteiger partial charge in [0.15, 0.2) is 9.84 Å². The second-order valence-electron chi connectivity index (χ2n) is 4.45. The minimum atomic E-state index is -4.44. The molecule has 100 valence electrons. The van der Waals surface area contributed by atoms with Gasteiger partial charge in [-0.15, -0.1) is 0 Å². The minimum Gasteiger partial charge on any atom is -0.384 e. The summed E-state index contributed by atoms with van der Waals surface area (Å²) in [4.78, 5) is 0. The van der Waals surface area contributed by atoms with E-state index in [-0.39, 0.29) is 17.7 Å². The largest absolute Gasteiger partial charge is 0.416 e. The van der Waals surface area contributed by atoms with E-state index in [1.807, 2.05) is 0 Å². The van der Waals surface area contributed by atoms with Crippen molar-refractivity contribution >= 4 is 9.84 Å². The van der Waals surface area contributed by atoms with E-state index in [0.29, 0.717) is 0 Å². The molecule has 0 bridgehead atoms. The summed E-state index contributed by atoms with van der Waals surface area (Å²) in [5.41, 5.74) is -2.18. The lowest BCUT2D eigenvalue weighted by Crippen LogP contribution is -2.27. The van der Waals surface area contributed by atoms with Gasteiger partial charge < -0.3 is 5.11 Å². The Labute approximate surface area is 102 Å². The monoisotopic (exact) mass is 280 g/mol. The lowest BCUT2D eigenvalue weighted by atomic mass is 9.92. The van der Waals surface area contributed by atoms with E-state index in [1.165, 1.54) is 0 Å². The van der Waals surface area contributed by atoms with E-state index < -0.39 is 32.9 Å². The van der Waals surface area contributed by atoms with Crippen LogP contribution in [-0.2, 0) is 21.6 Å². The average Bonchev–Trinajstić information content (AvgIpc) is 2.53. The van der Waals surface area contributed by atoms with Gasteiger partial charge in [-0.05, 0) is 24.1 Å². The van der Waals surface area contributed by atoms with Crippen LogP contribution in [0.25, 0.3) is 0 Å². The minimum absolute atomic E-state index is 0.0146. The molecular formula is C11H11F3O3S. The summed E-state index contributed by atoms with van der Waals surface area (Å²) in [7, 11) is -3.31. The van der Waals surface area contributed by atoms with Crippen molar-refractivity contribution in [1.29, 1.82) is 0 Å². The summed E-state index contributed by atoms with van der Waals surface area (Å²) in [6.07, 6.45) is -4.43. The van der Waals surface area contributed by atoms with Gasteiger partial charge in [0, 0.05) is 0 Å². The van der Waals surface area contributed by atoms with Crippen LogP contribution in [0.1, 0.15) is 17.5 Å². The van der Waals surface area contributed by atoms with Crippen molar-refractivity contribution in [2.24, 2.45) is 0 Å². The van der Waals surface area contributed by atoms with Crippen LogP contribution in [0.2, 0.25) is 0 Å². The van der Waals surface area contributed by atoms with Crippen molar-refractivity contribution in [2.45, 2.75) is 18.2 Å². The average molecular weight is 280 g/mol. The maximum Gasteiger partial charge on any atom is 0.416 e. The highest BCUT2D eigenvalue weighted by Gasteiger charge is 2.42. The standard InChI is InChI=1S/C11H11F3O3S/c12-11(13,14)9-3-1-8(2-4-9)10(15)5-6-18(16,17)7-10/h1-4,15H,5-7H2. The molecule has 18 heavy (non-hydrogen) atoms. The lowest BCUT2D eigenvalue weighted by molar-refractivity contribution is -0.137. The second kappa shape index (κ2) is 3.96. The van der Waals surface area contributed by atoms with Gasteiger partial charge in [0.2, 0.25) is 0 Å². The van der Waals surface area contributed by atoms with E-state index >= 15 is 0 Å². The van der Waals surface area contributed by atoms with Gasteiger partial charge in [-0.1, -0.05) is 12.1 Å². The first-order valence-electron chi connectivity index (χ1n) is 5.23. The molecule has 1 fully saturated rings. The molecular weight excluding hydrogens is 269 g/mol. The summed E-state index contributed by atoms with van der Waals surface area (Å²) in [5.74, 6) is -0.587. The summed E-state index contributed by atoms with van der Waals surface area (Å²) < 4.78 is 59.7. The van der Waals surface area contributed by atoms with Gasteiger partial charge in [0.05, 0.1) is 17.1 Å². The molecule has 1 atom stereocenters. The summed E-state index contributed by atoms with van der Waals surface area (Å²) >= 11 is 0. The molecule has 1 aliphatic rings. The third kappa shape index (κ3) is 2.51. The second-order valence-corrected chi connectivity index (χ2v) is 6.63. The summed E-state index contributed by atoms with van der Waals surface area (Å²) in [6.45, 7) is 0. The van der Waals surface area contributed by atoms with Crippen molar-refractivity contribution in [3.63, 3.8) is 0 Å². The smallest absolute Gasteiger partial charge is 0.384 e. The molecule has 1 aliphatic heterocycles. The molecule has 3 nitrogen and oxygen atoms in total. The predicted molar refractivity (Wildman–Crippen MR) is 58.6 cm³/mol. The Morgan fingerprint density at radius 3 is 2.11 bits per heavy atom. The van der Waals surface area contributed by atoms with Crippen molar-refractivity contribution in [3.05, 3.63) is 35.4 Å². The molecule has 0 aromatic heterocycles. The fourth-order valence-corrected chi connectivity index (χ4v) is 3.86. The molecule has 1 N–H and O–H groups in total. The van der Waals surface area contributed by atoms with Gasteiger partial charge in [0.1, 0.15) is 5.60 Å². The van der Waals surface area contributed by atoms with Crippen LogP contribution in [0.15, 0.2) is 24.3 Å². The van der Waals surface area contributed by atoms with Gasteiger partial charge in [-0.2, -0.15) is 13.2 Å². The molecule has 0 radical (unpaired) electrons. The Kier molecular flexibility index (Phi) is 2.94. The third-order valence-electron chi connectivity index (χ3n) is 3.03. The molecule has 0 amide bonds. The number of hydrogen-bond donors (Lipinski definition) is 1. The van der Waals surface area contributed by atoms with E-state index in [2.05, 4.69) is 0 Å². The zero-order valence-electron chi connectivity index (χ0n) is 9.24. The number of hydrogen-bond acceptors (Lipinski definition) is 3. The predicted octanol–water partition coefficient (Wildman–Crippen LogP) is 1.71. The first-order valence-corrected chi connectivity index (χ1v) is 7.05. The third-order valence-corrected chi connectivity index (χ3v) is 4.78. The molecule has 1 unspecified atom stereocenters. The first-order chi connectivity index (χ1) is 8.12. The van der Waals surface area contributed by atoms with Crippen LogP contribution in [0.3, 0.4) is 0 Å². The number of sulfone groups is 1. The topological polar surface area (TPSA) is 54.4 Å². The Morgan fingerprint density at radius 1 is 1.17 bits per heavy atom. The maximum atomic E-state index is 12.4. The van der Waals surface area contributed by atoms with Crippen molar-refractivity contribution in [3.8, 4) is 0 Å². The van der Waals surface area contributed by atoms with Crippen LogP contribution in [0.4, 0.5) is 13.2 Å². The molecule has 0 saturated carbocycles. The summed E-state index contributed by atoms with van der Waals surface area (Å²) in [5, 5.41) is 10.1. The van der Waals surface area contributed by atoms with Gasteiger partial charge in [-0.3, -0.25) is 0 Å². The van der Waals surface area contributed by atoms with Crippen LogP contribution in [0, 0.1) is 0 Å². The molecule has 1 heterocycles. The summed E-state index contributed by atoms with van der Waals surface area (Å²) in [6, 6.07) is 3.95. The van der Waals surface area contributed by atoms with E-state index in [4.69, 9.17) is 0 Å². The number of benzene rings is 1. The van der Waals surface area contributed by atoms with Crippen LogP contribution >= 0.6 is 0 Å². The molecule has 1 aromatic rings. The first kappa shape index (κ1) is 13.4. The Balaban J connectivity index is 2.31. The van der Waals surface area contributed by atoms with E-state index in [1.54, 1.807) is 0 Å². The molecule has 2 rings (SSSR count). The van der Waals surface area contributed by atoms with Crippen molar-refractivity contribution in [1.82, 2.24) is 0 Å². The van der Waals surface area contributed by atoms with Crippen LogP contribution < -0.4 is 0 Å². The SMILES string of the molecule is O=S1(=O)CCC(O)(c2ccc(C(F)(F)F)cc2)C1. The van der Waals surface area contributed by atoms with Gasteiger partial charge in [0.25, 0.3) is 0 Å². The maximum absolute atomic E-state index is 12.4. The number of halogens is 3. The van der Waals surface area contributed by atoms with E-state index in [0.717, 1.165) is 24.3 Å². The Bertz CT molecular complexity index is 548. The molecule has 0 spiro atoms. The highest BCUT2D eigenvalue weighted by Crippen LogP contribution is 2.35. The Hall–Kier alpha value is -1.08. The van der Waals surface area contributed by atoms with Crippen LogP contribution in [0.5, 0.6) is 0 Å². The number of rotatable bonds is 1. The lowest BCUT2D eigenvalue weighted by Gasteiger charge is -2.21. The number of alkyl halides is 3. The normalized spacial score (nSPS) is 27.3. The van der Waals surface area contributed by atoms with Crippen LogP contribution in [-0.4, -0.2) is 25.0 Å². The quantitative estimate of drug-likeness (QED) is 0.852. The van der Waals surface area contributed by atoms with Crippen molar-refractivity contribution < 1.29 is 26.7 Å². The molecule has 0 aliphatic carbocycles. The zero-order chi connectivity index (χ0) is 13.6.